The monoisotopic (exact) mass is 298 g/mol. The van der Waals surface area contributed by atoms with Gasteiger partial charge in [0, 0.05) is 23.7 Å². The molecule has 1 aliphatic heterocycles. The zero-order valence-electron chi connectivity index (χ0n) is 12.1. The first-order valence-electron chi connectivity index (χ1n) is 7.63. The van der Waals surface area contributed by atoms with Crippen LogP contribution < -0.4 is 15.4 Å². The Morgan fingerprint density at radius 1 is 1.23 bits per heavy atom. The van der Waals surface area contributed by atoms with E-state index in [1.54, 1.807) is 42.7 Å². The maximum Gasteiger partial charge on any atom is 0.289 e. The molecule has 1 saturated heterocycles. The zero-order chi connectivity index (χ0) is 14.9. The lowest BCUT2D eigenvalue weighted by atomic mass is 10.1. The van der Waals surface area contributed by atoms with E-state index in [9.17, 15) is 4.79 Å². The van der Waals surface area contributed by atoms with E-state index in [1.165, 1.54) is 6.42 Å². The second-order valence-electron chi connectivity index (χ2n) is 5.99. The van der Waals surface area contributed by atoms with E-state index >= 15 is 0 Å². The van der Waals surface area contributed by atoms with Gasteiger partial charge in [-0.3, -0.25) is 4.79 Å². The molecule has 1 aromatic carbocycles. The van der Waals surface area contributed by atoms with Crippen LogP contribution in [0.25, 0.3) is 0 Å². The van der Waals surface area contributed by atoms with Crippen LogP contribution in [0.3, 0.4) is 0 Å². The second kappa shape index (κ2) is 5.50. The number of amides is 1. The van der Waals surface area contributed by atoms with Gasteiger partial charge in [-0.15, -0.1) is 0 Å². The molecule has 22 heavy (non-hydrogen) atoms. The van der Waals surface area contributed by atoms with Crippen LogP contribution in [-0.4, -0.2) is 24.5 Å². The summed E-state index contributed by atoms with van der Waals surface area (Å²) in [5.41, 5.74) is 0.648. The van der Waals surface area contributed by atoms with Gasteiger partial charge in [0.05, 0.1) is 6.26 Å². The van der Waals surface area contributed by atoms with Crippen molar-refractivity contribution in [3.63, 3.8) is 0 Å². The number of fused-ring (bicyclic) bond motifs is 2. The normalized spacial score (nSPS) is 26.1. The van der Waals surface area contributed by atoms with E-state index in [2.05, 4.69) is 10.6 Å². The summed E-state index contributed by atoms with van der Waals surface area (Å²) >= 11 is 0. The first-order chi connectivity index (χ1) is 10.8. The molecule has 1 aliphatic carbocycles. The van der Waals surface area contributed by atoms with Gasteiger partial charge >= 0.3 is 0 Å². The minimum absolute atomic E-state index is 0.0242. The van der Waals surface area contributed by atoms with Gasteiger partial charge in [-0.25, -0.2) is 0 Å². The molecule has 2 N–H and O–H groups in total. The highest BCUT2D eigenvalue weighted by Gasteiger charge is 2.39. The molecule has 3 atom stereocenters. The number of rotatable bonds is 4. The standard InChI is InChI=1S/C17H18N2O3/c20-17(19-15-9-11-8-14(15)18-10-11)12-3-5-13(6-4-12)22-16-2-1-7-21-16/h1-7,11,14-15,18H,8-10H2,(H,19,20). The predicted molar refractivity (Wildman–Crippen MR) is 81.0 cm³/mol. The lowest BCUT2D eigenvalue weighted by Gasteiger charge is -2.24. The number of carbonyl (C=O) groups excluding carboxylic acids is 1. The van der Waals surface area contributed by atoms with Gasteiger partial charge in [0.2, 0.25) is 0 Å². The SMILES string of the molecule is O=C(NC1CC2CNC1C2)c1ccc(Oc2ccco2)cc1. The first-order valence-corrected chi connectivity index (χ1v) is 7.63. The van der Waals surface area contributed by atoms with Crippen molar-refractivity contribution in [1.29, 1.82) is 0 Å². The summed E-state index contributed by atoms with van der Waals surface area (Å²) in [6.45, 7) is 1.09. The van der Waals surface area contributed by atoms with E-state index in [4.69, 9.17) is 9.15 Å². The van der Waals surface area contributed by atoms with Crippen molar-refractivity contribution in [2.45, 2.75) is 24.9 Å². The van der Waals surface area contributed by atoms with Gasteiger partial charge < -0.3 is 19.8 Å². The van der Waals surface area contributed by atoms with Crippen LogP contribution in [0, 0.1) is 5.92 Å². The van der Waals surface area contributed by atoms with Crippen molar-refractivity contribution in [2.24, 2.45) is 5.92 Å². The zero-order valence-corrected chi connectivity index (χ0v) is 12.1. The van der Waals surface area contributed by atoms with E-state index in [0.717, 1.165) is 18.9 Å². The van der Waals surface area contributed by atoms with Crippen molar-refractivity contribution >= 4 is 5.91 Å². The summed E-state index contributed by atoms with van der Waals surface area (Å²) in [5, 5.41) is 6.58. The number of piperidine rings is 1. The smallest absolute Gasteiger partial charge is 0.289 e. The van der Waals surface area contributed by atoms with Crippen LogP contribution in [0.5, 0.6) is 11.7 Å². The van der Waals surface area contributed by atoms with Gasteiger partial charge in [-0.1, -0.05) is 0 Å². The summed E-state index contributed by atoms with van der Waals surface area (Å²) in [6, 6.07) is 11.3. The molecule has 1 saturated carbocycles. The number of ether oxygens (including phenoxy) is 1. The lowest BCUT2D eigenvalue weighted by molar-refractivity contribution is 0.0928. The van der Waals surface area contributed by atoms with Gasteiger partial charge in [0.15, 0.2) is 0 Å². The van der Waals surface area contributed by atoms with E-state index in [-0.39, 0.29) is 11.9 Å². The lowest BCUT2D eigenvalue weighted by Crippen LogP contribution is -2.47. The maximum atomic E-state index is 12.3. The highest BCUT2D eigenvalue weighted by Crippen LogP contribution is 2.31. The molecule has 5 heteroatoms. The number of hydrogen-bond acceptors (Lipinski definition) is 4. The van der Waals surface area contributed by atoms with Crippen LogP contribution in [0.4, 0.5) is 0 Å². The molecule has 2 heterocycles. The average Bonchev–Trinajstić information content (AvgIpc) is 3.25. The Hall–Kier alpha value is -2.27. The predicted octanol–water partition coefficient (Wildman–Crippen LogP) is 2.55. The molecule has 3 unspecified atom stereocenters. The van der Waals surface area contributed by atoms with E-state index < -0.39 is 0 Å². The fourth-order valence-electron chi connectivity index (χ4n) is 3.38. The Morgan fingerprint density at radius 3 is 2.73 bits per heavy atom. The molecule has 2 aliphatic rings. The highest BCUT2D eigenvalue weighted by atomic mass is 16.6. The van der Waals surface area contributed by atoms with E-state index in [1.807, 2.05) is 0 Å². The number of furan rings is 1. The van der Waals surface area contributed by atoms with Crippen LogP contribution in [0.15, 0.2) is 47.1 Å². The number of benzene rings is 1. The van der Waals surface area contributed by atoms with Crippen LogP contribution in [0.2, 0.25) is 0 Å². The summed E-state index contributed by atoms with van der Waals surface area (Å²) in [5.74, 6) is 1.78. The van der Waals surface area contributed by atoms with Gasteiger partial charge in [0.1, 0.15) is 5.75 Å². The van der Waals surface area contributed by atoms with Crippen molar-refractivity contribution < 1.29 is 13.9 Å². The van der Waals surface area contributed by atoms with Crippen molar-refractivity contribution in [1.82, 2.24) is 10.6 Å². The Labute approximate surface area is 128 Å². The molecule has 114 valence electrons. The van der Waals surface area contributed by atoms with Crippen LogP contribution >= 0.6 is 0 Å². The second-order valence-corrected chi connectivity index (χ2v) is 5.99. The Balaban J connectivity index is 1.38. The Morgan fingerprint density at radius 2 is 2.09 bits per heavy atom. The maximum absolute atomic E-state index is 12.3. The molecule has 2 aromatic rings. The summed E-state index contributed by atoms with van der Waals surface area (Å²) in [7, 11) is 0. The number of carbonyl (C=O) groups is 1. The van der Waals surface area contributed by atoms with Gasteiger partial charge in [-0.2, -0.15) is 0 Å². The molecule has 0 radical (unpaired) electrons. The van der Waals surface area contributed by atoms with Crippen LogP contribution in [-0.2, 0) is 0 Å². The topological polar surface area (TPSA) is 63.5 Å². The Kier molecular flexibility index (Phi) is 3.35. The molecular formula is C17H18N2O3. The van der Waals surface area contributed by atoms with Gasteiger partial charge in [0.25, 0.3) is 11.9 Å². The fraction of sp³-hybridized carbons (Fsp3) is 0.353. The van der Waals surface area contributed by atoms with Crippen molar-refractivity contribution in [3.05, 3.63) is 48.2 Å². The van der Waals surface area contributed by atoms with Crippen molar-refractivity contribution in [3.8, 4) is 11.7 Å². The summed E-state index contributed by atoms with van der Waals surface area (Å²) < 4.78 is 10.6. The molecule has 4 rings (SSSR count). The molecule has 5 nitrogen and oxygen atoms in total. The largest absolute Gasteiger partial charge is 0.434 e. The third kappa shape index (κ3) is 2.60. The molecular weight excluding hydrogens is 280 g/mol. The third-order valence-electron chi connectivity index (χ3n) is 4.48. The molecule has 1 amide bonds. The van der Waals surface area contributed by atoms with E-state index in [0.29, 0.717) is 23.3 Å². The summed E-state index contributed by atoms with van der Waals surface area (Å²) in [4.78, 5) is 12.3. The molecule has 2 fully saturated rings. The quantitative estimate of drug-likeness (QED) is 0.910. The molecule has 1 aromatic heterocycles. The number of hydrogen-bond donors (Lipinski definition) is 2. The fourth-order valence-corrected chi connectivity index (χ4v) is 3.38. The number of nitrogens with one attached hydrogen (secondary N) is 2. The Bertz CT molecular complexity index is 651. The van der Waals surface area contributed by atoms with Crippen molar-refractivity contribution in [2.75, 3.05) is 6.54 Å². The third-order valence-corrected chi connectivity index (χ3v) is 4.48. The average molecular weight is 298 g/mol. The highest BCUT2D eigenvalue weighted by molar-refractivity contribution is 5.94. The molecule has 0 spiro atoms. The summed E-state index contributed by atoms with van der Waals surface area (Å²) in [6.07, 6.45) is 3.82. The first kappa shape index (κ1) is 13.4. The molecule has 2 bridgehead atoms. The minimum atomic E-state index is -0.0242. The minimum Gasteiger partial charge on any atom is -0.434 e. The van der Waals surface area contributed by atoms with Gasteiger partial charge in [-0.05, 0) is 55.6 Å². The van der Waals surface area contributed by atoms with Crippen LogP contribution in [0.1, 0.15) is 23.2 Å².